The van der Waals surface area contributed by atoms with E-state index in [-0.39, 0.29) is 18.1 Å². The van der Waals surface area contributed by atoms with E-state index in [9.17, 15) is 9.18 Å². The zero-order valence-corrected chi connectivity index (χ0v) is 16.0. The predicted molar refractivity (Wildman–Crippen MR) is 108 cm³/mol. The van der Waals surface area contributed by atoms with E-state index in [0.29, 0.717) is 39.9 Å². The van der Waals surface area contributed by atoms with E-state index < -0.39 is 0 Å². The zero-order chi connectivity index (χ0) is 19.9. The maximum atomic E-state index is 13.7. The molecule has 4 nitrogen and oxygen atoms in total. The van der Waals surface area contributed by atoms with Crippen LogP contribution in [0.2, 0.25) is 5.02 Å². The van der Waals surface area contributed by atoms with Crippen LogP contribution in [0.3, 0.4) is 0 Å². The Morgan fingerprint density at radius 3 is 2.46 bits per heavy atom. The summed E-state index contributed by atoms with van der Waals surface area (Å²) in [5.74, 6) is 1.18. The summed E-state index contributed by atoms with van der Waals surface area (Å²) in [5.41, 5.74) is 0.945. The molecule has 1 amide bonds. The Hall–Kier alpha value is -3.05. The average molecular weight is 400 g/mol. The van der Waals surface area contributed by atoms with Crippen molar-refractivity contribution in [1.29, 1.82) is 0 Å². The minimum absolute atomic E-state index is 0.134. The summed E-state index contributed by atoms with van der Waals surface area (Å²) in [6.07, 6.45) is 0.434. The molecule has 6 heteroatoms. The molecule has 0 aromatic heterocycles. The topological polar surface area (TPSA) is 47.6 Å². The summed E-state index contributed by atoms with van der Waals surface area (Å²) < 4.78 is 24.7. The second-order valence-electron chi connectivity index (χ2n) is 6.06. The number of benzene rings is 3. The van der Waals surface area contributed by atoms with Gasteiger partial charge in [0.2, 0.25) is 5.91 Å². The van der Waals surface area contributed by atoms with E-state index in [1.54, 1.807) is 67.8 Å². The first-order valence-corrected chi connectivity index (χ1v) is 9.07. The molecule has 3 rings (SSSR count). The minimum atomic E-state index is -0.318. The van der Waals surface area contributed by atoms with E-state index in [1.807, 2.05) is 0 Å². The molecular weight excluding hydrogens is 381 g/mol. The van der Waals surface area contributed by atoms with Crippen molar-refractivity contribution in [2.45, 2.75) is 12.8 Å². The number of carbonyl (C=O) groups excluding carboxylic acids is 1. The lowest BCUT2D eigenvalue weighted by atomic mass is 10.1. The number of carbonyl (C=O) groups is 1. The lowest BCUT2D eigenvalue weighted by Gasteiger charge is -2.13. The van der Waals surface area contributed by atoms with Crippen LogP contribution < -0.4 is 14.8 Å². The molecular formula is C22H19ClFNO3. The quantitative estimate of drug-likeness (QED) is 0.542. The Kier molecular flexibility index (Phi) is 6.50. The van der Waals surface area contributed by atoms with Crippen LogP contribution >= 0.6 is 11.6 Å². The van der Waals surface area contributed by atoms with Gasteiger partial charge < -0.3 is 14.8 Å². The molecule has 0 aliphatic heterocycles. The van der Waals surface area contributed by atoms with Gasteiger partial charge in [0, 0.05) is 11.4 Å². The largest absolute Gasteiger partial charge is 0.497 e. The van der Waals surface area contributed by atoms with Gasteiger partial charge in [0.1, 0.15) is 17.3 Å². The number of aryl methyl sites for hydroxylation is 1. The Morgan fingerprint density at radius 1 is 1.04 bits per heavy atom. The van der Waals surface area contributed by atoms with Gasteiger partial charge in [0.05, 0.1) is 12.8 Å². The monoisotopic (exact) mass is 399 g/mol. The molecule has 0 aliphatic carbocycles. The van der Waals surface area contributed by atoms with Gasteiger partial charge in [-0.05, 0) is 60.5 Å². The number of methoxy groups -OCH3 is 1. The van der Waals surface area contributed by atoms with Gasteiger partial charge in [0.15, 0.2) is 5.75 Å². The maximum Gasteiger partial charge on any atom is 0.224 e. The summed E-state index contributed by atoms with van der Waals surface area (Å²) in [6.45, 7) is 0. The molecule has 3 aromatic rings. The van der Waals surface area contributed by atoms with Crippen molar-refractivity contribution in [2.75, 3.05) is 12.4 Å². The minimum Gasteiger partial charge on any atom is -0.497 e. The Bertz CT molecular complexity index is 960. The predicted octanol–water partition coefficient (Wildman–Crippen LogP) is 5.85. The van der Waals surface area contributed by atoms with Crippen LogP contribution in [0.5, 0.6) is 17.2 Å². The van der Waals surface area contributed by atoms with Gasteiger partial charge in [-0.1, -0.05) is 29.8 Å². The molecule has 1 N–H and O–H groups in total. The maximum absolute atomic E-state index is 13.7. The molecule has 28 heavy (non-hydrogen) atoms. The highest BCUT2D eigenvalue weighted by Crippen LogP contribution is 2.33. The van der Waals surface area contributed by atoms with Crippen LogP contribution in [0.4, 0.5) is 10.1 Å². The molecule has 0 radical (unpaired) electrons. The van der Waals surface area contributed by atoms with Gasteiger partial charge in [-0.15, -0.1) is 0 Å². The number of hydrogen-bond donors (Lipinski definition) is 1. The molecule has 0 saturated heterocycles. The molecule has 144 valence electrons. The number of ether oxygens (including phenoxy) is 2. The molecule has 0 unspecified atom stereocenters. The molecule has 0 saturated carbocycles. The fourth-order valence-corrected chi connectivity index (χ4v) is 2.79. The third-order valence-corrected chi connectivity index (χ3v) is 4.32. The number of rotatable bonds is 7. The summed E-state index contributed by atoms with van der Waals surface area (Å²) >= 11 is 6.06. The first-order valence-electron chi connectivity index (χ1n) is 8.70. The smallest absolute Gasteiger partial charge is 0.224 e. The number of hydrogen-bond acceptors (Lipinski definition) is 3. The number of nitrogens with one attached hydrogen (secondary N) is 1. The van der Waals surface area contributed by atoms with Crippen molar-refractivity contribution in [3.05, 3.63) is 83.1 Å². The van der Waals surface area contributed by atoms with Crippen molar-refractivity contribution in [3.63, 3.8) is 0 Å². The van der Waals surface area contributed by atoms with E-state index in [4.69, 9.17) is 21.1 Å². The molecule has 0 aliphatic rings. The van der Waals surface area contributed by atoms with Crippen molar-refractivity contribution < 1.29 is 18.7 Å². The Morgan fingerprint density at radius 2 is 1.75 bits per heavy atom. The third kappa shape index (κ3) is 5.24. The number of anilines is 1. The van der Waals surface area contributed by atoms with E-state index in [2.05, 4.69) is 5.32 Å². The second kappa shape index (κ2) is 9.24. The van der Waals surface area contributed by atoms with Crippen LogP contribution in [-0.2, 0) is 11.2 Å². The highest BCUT2D eigenvalue weighted by Gasteiger charge is 2.11. The van der Waals surface area contributed by atoms with Crippen LogP contribution in [0.15, 0.2) is 66.7 Å². The molecule has 0 bridgehead atoms. The molecule has 3 aromatic carbocycles. The standard InChI is InChI=1S/C22H19ClFNO3/c1-27-17-8-10-18(11-9-17)28-21-12-7-16(23)14-20(21)25-22(26)13-6-15-4-2-3-5-19(15)24/h2-5,7-12,14H,6,13H2,1H3,(H,25,26). The summed E-state index contributed by atoms with van der Waals surface area (Å²) in [6, 6.07) is 18.5. The first kappa shape index (κ1) is 19.7. The van der Waals surface area contributed by atoms with E-state index in [1.165, 1.54) is 6.07 Å². The fourth-order valence-electron chi connectivity index (χ4n) is 2.62. The zero-order valence-electron chi connectivity index (χ0n) is 15.2. The van der Waals surface area contributed by atoms with Gasteiger partial charge >= 0.3 is 0 Å². The van der Waals surface area contributed by atoms with Crippen LogP contribution in [0, 0.1) is 5.82 Å². The third-order valence-electron chi connectivity index (χ3n) is 4.08. The van der Waals surface area contributed by atoms with Crippen molar-refractivity contribution >= 4 is 23.2 Å². The lowest BCUT2D eigenvalue weighted by molar-refractivity contribution is -0.116. The highest BCUT2D eigenvalue weighted by atomic mass is 35.5. The van der Waals surface area contributed by atoms with E-state index in [0.717, 1.165) is 0 Å². The van der Waals surface area contributed by atoms with Crippen molar-refractivity contribution in [2.24, 2.45) is 0 Å². The normalized spacial score (nSPS) is 10.4. The summed E-state index contributed by atoms with van der Waals surface area (Å²) in [5, 5.41) is 3.25. The van der Waals surface area contributed by atoms with Crippen molar-refractivity contribution in [1.82, 2.24) is 0 Å². The van der Waals surface area contributed by atoms with Gasteiger partial charge in [-0.3, -0.25) is 4.79 Å². The first-order chi connectivity index (χ1) is 13.5. The molecule has 0 spiro atoms. The van der Waals surface area contributed by atoms with Crippen LogP contribution in [0.25, 0.3) is 0 Å². The Balaban J connectivity index is 1.69. The lowest BCUT2D eigenvalue weighted by Crippen LogP contribution is -2.13. The molecule has 0 heterocycles. The average Bonchev–Trinajstić information content (AvgIpc) is 2.70. The number of amides is 1. The van der Waals surface area contributed by atoms with Crippen LogP contribution in [0.1, 0.15) is 12.0 Å². The number of halogens is 2. The summed E-state index contributed by atoms with van der Waals surface area (Å²) in [7, 11) is 1.59. The Labute approximate surface area is 167 Å². The SMILES string of the molecule is COc1ccc(Oc2ccc(Cl)cc2NC(=O)CCc2ccccc2F)cc1. The highest BCUT2D eigenvalue weighted by molar-refractivity contribution is 6.31. The van der Waals surface area contributed by atoms with Gasteiger partial charge in [0.25, 0.3) is 0 Å². The fraction of sp³-hybridized carbons (Fsp3) is 0.136. The van der Waals surface area contributed by atoms with Gasteiger partial charge in [-0.2, -0.15) is 0 Å². The second-order valence-corrected chi connectivity index (χ2v) is 6.49. The van der Waals surface area contributed by atoms with Crippen molar-refractivity contribution in [3.8, 4) is 17.2 Å². The molecule has 0 atom stereocenters. The van der Waals surface area contributed by atoms with E-state index >= 15 is 0 Å². The molecule has 0 fully saturated rings. The van der Waals surface area contributed by atoms with Gasteiger partial charge in [-0.25, -0.2) is 4.39 Å². The van der Waals surface area contributed by atoms with Crippen LogP contribution in [-0.4, -0.2) is 13.0 Å². The summed E-state index contributed by atoms with van der Waals surface area (Å²) in [4.78, 5) is 12.3.